The molecule has 2 aromatic rings. The van der Waals surface area contributed by atoms with Gasteiger partial charge < -0.3 is 15.0 Å². The van der Waals surface area contributed by atoms with Crippen LogP contribution in [0.15, 0.2) is 57.2 Å². The van der Waals surface area contributed by atoms with E-state index in [4.69, 9.17) is 5.11 Å². The van der Waals surface area contributed by atoms with Gasteiger partial charge in [0.2, 0.25) is 0 Å². The molecule has 4 rings (SSSR count). The molecule has 0 spiro atoms. The molecular weight excluding hydrogens is 436 g/mol. The molecule has 31 heavy (non-hydrogen) atoms. The normalized spacial score (nSPS) is 23.6. The van der Waals surface area contributed by atoms with Gasteiger partial charge in [0.15, 0.2) is 9.84 Å². The second-order valence-corrected chi connectivity index (χ2v) is 11.8. The van der Waals surface area contributed by atoms with Gasteiger partial charge >= 0.3 is 0 Å². The number of benzene rings is 2. The summed E-state index contributed by atoms with van der Waals surface area (Å²) in [5.74, 6) is 0. The van der Waals surface area contributed by atoms with Crippen LogP contribution in [0.25, 0.3) is 0 Å². The lowest BCUT2D eigenvalue weighted by Gasteiger charge is -2.50. The third-order valence-corrected chi connectivity index (χ3v) is 8.99. The smallest absolute Gasteiger partial charge is 0.175 e. The van der Waals surface area contributed by atoms with E-state index in [1.54, 1.807) is 12.1 Å². The Bertz CT molecular complexity index is 1090. The van der Waals surface area contributed by atoms with Gasteiger partial charge in [-0.15, -0.1) is 0 Å². The van der Waals surface area contributed by atoms with E-state index >= 15 is 0 Å². The minimum Gasteiger partial charge on any atom is -0.633 e. The lowest BCUT2D eigenvalue weighted by Crippen LogP contribution is -2.57. The number of nitrogens with zero attached hydrogens (tertiary/aromatic N) is 2. The van der Waals surface area contributed by atoms with Gasteiger partial charge in [0.05, 0.1) is 35.3 Å². The zero-order chi connectivity index (χ0) is 22.2. The van der Waals surface area contributed by atoms with Crippen LogP contribution in [0.2, 0.25) is 0 Å². The van der Waals surface area contributed by atoms with Crippen LogP contribution in [-0.2, 0) is 27.1 Å². The van der Waals surface area contributed by atoms with Gasteiger partial charge in [0, 0.05) is 48.2 Å². The maximum atomic E-state index is 13.4. The van der Waals surface area contributed by atoms with E-state index < -0.39 is 20.6 Å². The van der Waals surface area contributed by atoms with Gasteiger partial charge in [-0.1, -0.05) is 18.2 Å². The van der Waals surface area contributed by atoms with Crippen LogP contribution < -0.4 is 0 Å². The predicted molar refractivity (Wildman–Crippen MR) is 119 cm³/mol. The Morgan fingerprint density at radius 2 is 1.87 bits per heavy atom. The Morgan fingerprint density at radius 1 is 1.16 bits per heavy atom. The van der Waals surface area contributed by atoms with Crippen molar-refractivity contribution in [2.24, 2.45) is 0 Å². The van der Waals surface area contributed by atoms with Gasteiger partial charge in [-0.25, -0.2) is 12.6 Å². The predicted octanol–water partition coefficient (Wildman–Crippen LogP) is 1.87. The van der Waals surface area contributed by atoms with E-state index in [2.05, 4.69) is 4.90 Å². The quantitative estimate of drug-likeness (QED) is 0.536. The average molecular weight is 465 g/mol. The number of aliphatic hydroxyl groups excluding tert-OH is 1. The van der Waals surface area contributed by atoms with E-state index in [9.17, 15) is 17.8 Å². The van der Waals surface area contributed by atoms with Crippen molar-refractivity contribution in [3.63, 3.8) is 0 Å². The van der Waals surface area contributed by atoms with Crippen molar-refractivity contribution in [3.05, 3.63) is 58.8 Å². The second kappa shape index (κ2) is 8.73. The van der Waals surface area contributed by atoms with Crippen LogP contribution in [0.5, 0.6) is 0 Å². The number of hydroxylamine groups is 3. The monoisotopic (exact) mass is 464 g/mol. The first kappa shape index (κ1) is 22.6. The standard InChI is InChI=1S/C22H28N2O5S2/c1-31(28,29)18-7-8-22-19(16-18)20(15-17-5-2-3-6-21(17)30(22)27)23-9-12-24(26,13-10-23)11-4-14-25/h2-3,5-8,16,20,25H,4,9-15H2,1H3/t20-,30+/m0/s1. The second-order valence-electron chi connectivity index (χ2n) is 8.41. The van der Waals surface area contributed by atoms with Gasteiger partial charge in [0.25, 0.3) is 0 Å². The number of aliphatic hydroxyl groups is 1. The minimum atomic E-state index is -3.41. The number of hydrogen-bond donors (Lipinski definition) is 1. The fourth-order valence-electron chi connectivity index (χ4n) is 4.54. The highest BCUT2D eigenvalue weighted by Crippen LogP contribution is 2.39. The molecule has 0 bridgehead atoms. The Balaban J connectivity index is 1.74. The van der Waals surface area contributed by atoms with Crippen molar-refractivity contribution in [2.75, 3.05) is 45.6 Å². The molecule has 2 heterocycles. The average Bonchev–Trinajstić information content (AvgIpc) is 2.87. The maximum Gasteiger partial charge on any atom is 0.175 e. The van der Waals surface area contributed by atoms with Crippen molar-refractivity contribution < 1.29 is 22.4 Å². The molecule has 0 amide bonds. The summed E-state index contributed by atoms with van der Waals surface area (Å²) in [6, 6.07) is 12.4. The number of hydrogen-bond acceptors (Lipinski definition) is 6. The molecule has 2 atom stereocenters. The van der Waals surface area contributed by atoms with Crippen molar-refractivity contribution in [3.8, 4) is 0 Å². The molecule has 9 heteroatoms. The van der Waals surface area contributed by atoms with Gasteiger partial charge in [-0.3, -0.25) is 4.90 Å². The summed E-state index contributed by atoms with van der Waals surface area (Å²) >= 11 is 0. The number of sulfone groups is 1. The Kier molecular flexibility index (Phi) is 6.35. The summed E-state index contributed by atoms with van der Waals surface area (Å²) in [4.78, 5) is 3.83. The van der Waals surface area contributed by atoms with Crippen LogP contribution in [0, 0.1) is 5.21 Å². The minimum absolute atomic E-state index is 0.0127. The molecule has 168 valence electrons. The Labute approximate surface area is 185 Å². The highest BCUT2D eigenvalue weighted by atomic mass is 32.2. The molecule has 2 aliphatic heterocycles. The molecule has 7 nitrogen and oxygen atoms in total. The highest BCUT2D eigenvalue weighted by Gasteiger charge is 2.35. The summed E-state index contributed by atoms with van der Waals surface area (Å²) in [6.07, 6.45) is 2.27. The van der Waals surface area contributed by atoms with Crippen molar-refractivity contribution in [1.82, 2.24) is 4.90 Å². The van der Waals surface area contributed by atoms with E-state index in [1.165, 1.54) is 12.3 Å². The highest BCUT2D eigenvalue weighted by molar-refractivity contribution is 7.90. The first-order valence-corrected chi connectivity index (χ1v) is 13.5. The summed E-state index contributed by atoms with van der Waals surface area (Å²) in [6.45, 7) is 2.38. The molecule has 1 saturated heterocycles. The molecule has 0 aliphatic carbocycles. The molecule has 2 aliphatic rings. The first-order chi connectivity index (χ1) is 14.7. The molecule has 1 N–H and O–H groups in total. The van der Waals surface area contributed by atoms with Gasteiger partial charge in [-0.05, 0) is 41.8 Å². The number of piperazine rings is 1. The summed E-state index contributed by atoms with van der Waals surface area (Å²) in [7, 11) is -4.81. The molecule has 0 saturated carbocycles. The van der Waals surface area contributed by atoms with Crippen LogP contribution in [0.4, 0.5) is 0 Å². The van der Waals surface area contributed by atoms with Crippen molar-refractivity contribution in [2.45, 2.75) is 33.6 Å². The Morgan fingerprint density at radius 3 is 2.55 bits per heavy atom. The SMILES string of the molecule is CS(=O)(=O)c1ccc2c(c1)[C@@H](N1CC[N+]([O-])(CCCO)CC1)Cc1ccccc1[S@]2=O. The number of rotatable bonds is 5. The van der Waals surface area contributed by atoms with Crippen LogP contribution in [-0.4, -0.2) is 72.9 Å². The first-order valence-electron chi connectivity index (χ1n) is 10.5. The molecule has 0 aromatic heterocycles. The third-order valence-electron chi connectivity index (χ3n) is 6.31. The Hall–Kier alpha value is -1.62. The van der Waals surface area contributed by atoms with Crippen LogP contribution in [0.3, 0.4) is 0 Å². The van der Waals surface area contributed by atoms with Crippen molar-refractivity contribution >= 4 is 20.6 Å². The van der Waals surface area contributed by atoms with E-state index in [0.717, 1.165) is 16.0 Å². The van der Waals surface area contributed by atoms with Gasteiger partial charge in [-0.2, -0.15) is 0 Å². The summed E-state index contributed by atoms with van der Waals surface area (Å²) < 4.78 is 37.5. The summed E-state index contributed by atoms with van der Waals surface area (Å²) in [5.41, 5.74) is 1.75. The van der Waals surface area contributed by atoms with Crippen LogP contribution >= 0.6 is 0 Å². The van der Waals surface area contributed by atoms with Gasteiger partial charge in [0.1, 0.15) is 0 Å². The molecular formula is C22H28N2O5S2. The lowest BCUT2D eigenvalue weighted by molar-refractivity contribution is -0.885. The topological polar surface area (TPSA) is 97.7 Å². The molecule has 0 unspecified atom stereocenters. The zero-order valence-corrected chi connectivity index (χ0v) is 19.2. The molecule has 1 fully saturated rings. The summed E-state index contributed by atoms with van der Waals surface area (Å²) in [5, 5.41) is 22.0. The number of fused-ring (bicyclic) bond motifs is 2. The maximum absolute atomic E-state index is 13.4. The third kappa shape index (κ3) is 4.62. The fourth-order valence-corrected chi connectivity index (χ4v) is 6.63. The van der Waals surface area contributed by atoms with Crippen molar-refractivity contribution in [1.29, 1.82) is 0 Å². The van der Waals surface area contributed by atoms with E-state index in [1.807, 2.05) is 24.3 Å². The van der Waals surface area contributed by atoms with E-state index in [0.29, 0.717) is 50.5 Å². The van der Waals surface area contributed by atoms with Crippen LogP contribution in [0.1, 0.15) is 23.6 Å². The molecule has 2 aromatic carbocycles. The lowest BCUT2D eigenvalue weighted by atomic mass is 9.96. The fraction of sp³-hybridized carbons (Fsp3) is 0.455. The van der Waals surface area contributed by atoms with E-state index in [-0.39, 0.29) is 22.2 Å². The molecule has 0 radical (unpaired) electrons. The zero-order valence-electron chi connectivity index (χ0n) is 17.6. The largest absolute Gasteiger partial charge is 0.633 e. The number of quaternary nitrogens is 1.